The van der Waals surface area contributed by atoms with Crippen LogP contribution in [0.2, 0.25) is 0 Å². The van der Waals surface area contributed by atoms with Crippen molar-refractivity contribution in [2.45, 2.75) is 74.0 Å². The molecule has 0 atom stereocenters. The summed E-state index contributed by atoms with van der Waals surface area (Å²) in [6, 6.07) is 0. The standard InChI is InChI=1S/C17H34O4/c1-8-9-10-14(18)19-11-15(20-12-16(2,3)4)21-13-17(5,6)7/h15H,8-13H2,1-7H3. The molecule has 0 saturated heterocycles. The molecule has 0 N–H and O–H groups in total. The van der Waals surface area contributed by atoms with Gasteiger partial charge in [-0.3, -0.25) is 4.79 Å². The van der Waals surface area contributed by atoms with Crippen LogP contribution in [0, 0.1) is 10.8 Å². The molecule has 0 fully saturated rings. The van der Waals surface area contributed by atoms with Gasteiger partial charge in [0.15, 0.2) is 6.29 Å². The van der Waals surface area contributed by atoms with Gasteiger partial charge in [-0.2, -0.15) is 0 Å². The average Bonchev–Trinajstić information content (AvgIpc) is 2.32. The molecule has 0 saturated carbocycles. The highest BCUT2D eigenvalue weighted by atomic mass is 16.7. The van der Waals surface area contributed by atoms with Crippen LogP contribution in [0.1, 0.15) is 67.7 Å². The van der Waals surface area contributed by atoms with Crippen molar-refractivity contribution >= 4 is 5.97 Å². The summed E-state index contributed by atoms with van der Waals surface area (Å²) >= 11 is 0. The van der Waals surface area contributed by atoms with E-state index in [-0.39, 0.29) is 23.4 Å². The van der Waals surface area contributed by atoms with Crippen LogP contribution in [0.5, 0.6) is 0 Å². The topological polar surface area (TPSA) is 44.8 Å². The number of ether oxygens (including phenoxy) is 3. The van der Waals surface area contributed by atoms with Crippen LogP contribution >= 0.6 is 0 Å². The molecule has 0 heterocycles. The lowest BCUT2D eigenvalue weighted by atomic mass is 9.98. The number of esters is 1. The Morgan fingerprint density at radius 1 is 0.952 bits per heavy atom. The first-order chi connectivity index (χ1) is 9.53. The van der Waals surface area contributed by atoms with Crippen molar-refractivity contribution in [1.29, 1.82) is 0 Å². The van der Waals surface area contributed by atoms with Crippen molar-refractivity contribution in [2.75, 3.05) is 19.8 Å². The molecule has 0 aliphatic carbocycles. The van der Waals surface area contributed by atoms with Crippen molar-refractivity contribution < 1.29 is 19.0 Å². The van der Waals surface area contributed by atoms with Gasteiger partial charge in [0, 0.05) is 6.42 Å². The van der Waals surface area contributed by atoms with Crippen LogP contribution in [0.25, 0.3) is 0 Å². The van der Waals surface area contributed by atoms with Gasteiger partial charge in [-0.05, 0) is 17.3 Å². The highest BCUT2D eigenvalue weighted by molar-refractivity contribution is 5.69. The van der Waals surface area contributed by atoms with Crippen molar-refractivity contribution in [2.24, 2.45) is 10.8 Å². The number of carbonyl (C=O) groups excluding carboxylic acids is 1. The number of carbonyl (C=O) groups is 1. The molecule has 0 bridgehead atoms. The lowest BCUT2D eigenvalue weighted by molar-refractivity contribution is -0.198. The Hall–Kier alpha value is -0.610. The van der Waals surface area contributed by atoms with E-state index < -0.39 is 6.29 Å². The average molecular weight is 302 g/mol. The monoisotopic (exact) mass is 302 g/mol. The number of hydrogen-bond acceptors (Lipinski definition) is 4. The van der Waals surface area contributed by atoms with E-state index in [0.29, 0.717) is 19.6 Å². The maximum absolute atomic E-state index is 11.6. The maximum atomic E-state index is 11.6. The summed E-state index contributed by atoms with van der Waals surface area (Å²) in [5.74, 6) is -0.180. The summed E-state index contributed by atoms with van der Waals surface area (Å²) in [6.45, 7) is 15.9. The summed E-state index contributed by atoms with van der Waals surface area (Å²) < 4.78 is 16.8. The van der Waals surface area contributed by atoms with Crippen molar-refractivity contribution in [3.8, 4) is 0 Å². The fourth-order valence-corrected chi connectivity index (χ4v) is 1.38. The van der Waals surface area contributed by atoms with Crippen LogP contribution in [-0.4, -0.2) is 32.1 Å². The van der Waals surface area contributed by atoms with Gasteiger partial charge in [0.05, 0.1) is 13.2 Å². The molecule has 4 heteroatoms. The zero-order valence-corrected chi connectivity index (χ0v) is 15.0. The zero-order valence-electron chi connectivity index (χ0n) is 15.0. The molecule has 0 rings (SSSR count). The minimum Gasteiger partial charge on any atom is -0.460 e. The summed E-state index contributed by atoms with van der Waals surface area (Å²) in [6.07, 6.45) is 1.81. The van der Waals surface area contributed by atoms with E-state index in [1.165, 1.54) is 0 Å². The third-order valence-electron chi connectivity index (χ3n) is 2.52. The molecule has 126 valence electrons. The summed E-state index contributed by atoms with van der Waals surface area (Å²) in [5, 5.41) is 0. The molecule has 0 amide bonds. The second-order valence-corrected chi connectivity index (χ2v) is 7.96. The smallest absolute Gasteiger partial charge is 0.305 e. The van der Waals surface area contributed by atoms with Gasteiger partial charge in [-0.25, -0.2) is 0 Å². The summed E-state index contributed by atoms with van der Waals surface area (Å²) in [5.41, 5.74) is 0.102. The first-order valence-corrected chi connectivity index (χ1v) is 7.92. The molecule has 4 nitrogen and oxygen atoms in total. The SMILES string of the molecule is CCCCC(=O)OCC(OCC(C)(C)C)OCC(C)(C)C. The van der Waals surface area contributed by atoms with E-state index in [4.69, 9.17) is 14.2 Å². The molecule has 0 aromatic rings. The van der Waals surface area contributed by atoms with Gasteiger partial charge in [-0.15, -0.1) is 0 Å². The molecule has 21 heavy (non-hydrogen) atoms. The molecule has 0 spiro atoms. The highest BCUT2D eigenvalue weighted by Gasteiger charge is 2.20. The van der Waals surface area contributed by atoms with Crippen LogP contribution in [0.3, 0.4) is 0 Å². The Labute approximate surface area is 130 Å². The van der Waals surface area contributed by atoms with E-state index in [1.807, 2.05) is 0 Å². The van der Waals surface area contributed by atoms with E-state index in [1.54, 1.807) is 0 Å². The lowest BCUT2D eigenvalue weighted by Gasteiger charge is -2.27. The van der Waals surface area contributed by atoms with Crippen molar-refractivity contribution in [1.82, 2.24) is 0 Å². The van der Waals surface area contributed by atoms with E-state index in [9.17, 15) is 4.79 Å². The summed E-state index contributed by atoms with van der Waals surface area (Å²) in [7, 11) is 0. The molecule has 0 aromatic heterocycles. The van der Waals surface area contributed by atoms with Gasteiger partial charge >= 0.3 is 5.97 Å². The second kappa shape index (κ2) is 9.42. The van der Waals surface area contributed by atoms with Gasteiger partial charge in [0.2, 0.25) is 0 Å². The molecular weight excluding hydrogens is 268 g/mol. The number of hydrogen-bond donors (Lipinski definition) is 0. The normalized spacial score (nSPS) is 12.8. The molecule has 0 aromatic carbocycles. The molecule has 0 radical (unpaired) electrons. The fourth-order valence-electron chi connectivity index (χ4n) is 1.38. The Morgan fingerprint density at radius 2 is 1.43 bits per heavy atom. The number of rotatable bonds is 9. The van der Waals surface area contributed by atoms with Crippen LogP contribution in [0.4, 0.5) is 0 Å². The minimum absolute atomic E-state index is 0.0512. The predicted molar refractivity (Wildman–Crippen MR) is 85.1 cm³/mol. The molecule has 0 unspecified atom stereocenters. The quantitative estimate of drug-likeness (QED) is 0.473. The van der Waals surface area contributed by atoms with Crippen LogP contribution < -0.4 is 0 Å². The van der Waals surface area contributed by atoms with E-state index in [2.05, 4.69) is 48.5 Å². The molecule has 0 aliphatic heterocycles. The van der Waals surface area contributed by atoms with Crippen LogP contribution in [0.15, 0.2) is 0 Å². The highest BCUT2D eigenvalue weighted by Crippen LogP contribution is 2.18. The lowest BCUT2D eigenvalue weighted by Crippen LogP contribution is -2.31. The fraction of sp³-hybridized carbons (Fsp3) is 0.941. The van der Waals surface area contributed by atoms with E-state index in [0.717, 1.165) is 12.8 Å². The Kier molecular flexibility index (Phi) is 9.14. The molecule has 0 aliphatic rings. The minimum atomic E-state index is -0.492. The second-order valence-electron chi connectivity index (χ2n) is 7.96. The molecular formula is C17H34O4. The van der Waals surface area contributed by atoms with E-state index >= 15 is 0 Å². The Balaban J connectivity index is 4.27. The van der Waals surface area contributed by atoms with Gasteiger partial charge < -0.3 is 14.2 Å². The van der Waals surface area contributed by atoms with Gasteiger partial charge in [0.1, 0.15) is 6.61 Å². The third kappa shape index (κ3) is 14.1. The third-order valence-corrected chi connectivity index (χ3v) is 2.52. The van der Waals surface area contributed by atoms with Crippen molar-refractivity contribution in [3.05, 3.63) is 0 Å². The summed E-state index contributed by atoms with van der Waals surface area (Å²) in [4.78, 5) is 11.6. The van der Waals surface area contributed by atoms with Crippen LogP contribution in [-0.2, 0) is 19.0 Å². The largest absolute Gasteiger partial charge is 0.460 e. The first-order valence-electron chi connectivity index (χ1n) is 7.92. The Morgan fingerprint density at radius 3 is 1.81 bits per heavy atom. The first kappa shape index (κ1) is 20.4. The number of unbranched alkanes of at least 4 members (excludes halogenated alkanes) is 1. The zero-order chi connectivity index (χ0) is 16.5. The Bertz CT molecular complexity index is 268. The van der Waals surface area contributed by atoms with Gasteiger partial charge in [-0.1, -0.05) is 54.9 Å². The maximum Gasteiger partial charge on any atom is 0.305 e. The predicted octanol–water partition coefficient (Wildman–Crippen LogP) is 4.17. The van der Waals surface area contributed by atoms with Crippen molar-refractivity contribution in [3.63, 3.8) is 0 Å². The van der Waals surface area contributed by atoms with Gasteiger partial charge in [0.25, 0.3) is 0 Å².